The molecule has 160 valence electrons. The molecule has 0 spiro atoms. The lowest BCUT2D eigenvalue weighted by Gasteiger charge is -2.15. The van der Waals surface area contributed by atoms with Crippen LogP contribution in [-0.4, -0.2) is 32.5 Å². The molecule has 0 amide bonds. The first kappa shape index (κ1) is 22.9. The van der Waals surface area contributed by atoms with Gasteiger partial charge in [-0.2, -0.15) is 5.26 Å². The molecule has 5 nitrogen and oxygen atoms in total. The quantitative estimate of drug-likeness (QED) is 0.327. The number of nitrogens with zero attached hydrogens (tertiary/aromatic N) is 2. The molecular formula is C24H24N2O3S2. The third-order valence-corrected chi connectivity index (χ3v) is 6.64. The molecule has 2 aromatic carbocycles. The van der Waals surface area contributed by atoms with E-state index in [9.17, 15) is 13.7 Å². The predicted molar refractivity (Wildman–Crippen MR) is 125 cm³/mol. The summed E-state index contributed by atoms with van der Waals surface area (Å²) in [6, 6.07) is 18.6. The minimum absolute atomic E-state index is 0.246. The molecule has 1 heterocycles. The Labute approximate surface area is 188 Å². The Bertz CT molecular complexity index is 1210. The van der Waals surface area contributed by atoms with Gasteiger partial charge in [-0.15, -0.1) is 11.8 Å². The molecule has 0 saturated carbocycles. The van der Waals surface area contributed by atoms with Crippen LogP contribution in [0, 0.1) is 11.3 Å². The number of aromatic nitrogens is 1. The summed E-state index contributed by atoms with van der Waals surface area (Å²) in [6.07, 6.45) is 5.04. The van der Waals surface area contributed by atoms with Gasteiger partial charge < -0.3 is 4.74 Å². The Kier molecular flexibility index (Phi) is 7.37. The van der Waals surface area contributed by atoms with Gasteiger partial charge in [-0.25, -0.2) is 13.4 Å². The third kappa shape index (κ3) is 5.46. The van der Waals surface area contributed by atoms with E-state index in [2.05, 4.69) is 13.0 Å². The van der Waals surface area contributed by atoms with Crippen LogP contribution >= 0.6 is 11.8 Å². The minimum atomic E-state index is -3.30. The van der Waals surface area contributed by atoms with Crippen LogP contribution in [0.25, 0.3) is 22.4 Å². The average Bonchev–Trinajstić information content (AvgIpc) is 2.78. The topological polar surface area (TPSA) is 80.0 Å². The Hall–Kier alpha value is -2.82. The van der Waals surface area contributed by atoms with Crippen molar-refractivity contribution in [1.29, 1.82) is 5.26 Å². The molecule has 0 unspecified atom stereocenters. The highest BCUT2D eigenvalue weighted by Gasteiger charge is 2.17. The van der Waals surface area contributed by atoms with Gasteiger partial charge in [0.25, 0.3) is 0 Å². The van der Waals surface area contributed by atoms with E-state index >= 15 is 0 Å². The summed E-state index contributed by atoms with van der Waals surface area (Å²) in [5.41, 5.74) is 3.47. The number of hydrogen-bond acceptors (Lipinski definition) is 6. The van der Waals surface area contributed by atoms with Crippen molar-refractivity contribution in [2.75, 3.05) is 19.1 Å². The van der Waals surface area contributed by atoms with Gasteiger partial charge in [-0.05, 0) is 48.6 Å². The van der Waals surface area contributed by atoms with E-state index < -0.39 is 9.84 Å². The maximum atomic E-state index is 11.8. The maximum Gasteiger partial charge on any atom is 0.232 e. The number of hydrogen-bond donors (Lipinski definition) is 0. The van der Waals surface area contributed by atoms with Crippen molar-refractivity contribution in [2.45, 2.75) is 29.6 Å². The van der Waals surface area contributed by atoms with Crippen molar-refractivity contribution < 1.29 is 13.2 Å². The summed E-state index contributed by atoms with van der Waals surface area (Å²) < 4.78 is 29.5. The Balaban J connectivity index is 2.19. The maximum absolute atomic E-state index is 11.8. The normalized spacial score (nSPS) is 11.2. The van der Waals surface area contributed by atoms with Crippen LogP contribution in [0.15, 0.2) is 64.4 Å². The Morgan fingerprint density at radius 1 is 1.10 bits per heavy atom. The summed E-state index contributed by atoms with van der Waals surface area (Å²) in [6.45, 7) is 2.56. The van der Waals surface area contributed by atoms with Crippen LogP contribution in [0.2, 0.25) is 0 Å². The van der Waals surface area contributed by atoms with Gasteiger partial charge in [-0.1, -0.05) is 37.6 Å². The van der Waals surface area contributed by atoms with Crippen LogP contribution < -0.4 is 4.74 Å². The molecule has 3 rings (SSSR count). The molecule has 0 radical (unpaired) electrons. The molecule has 0 atom stereocenters. The lowest BCUT2D eigenvalue weighted by Crippen LogP contribution is -2.03. The summed E-state index contributed by atoms with van der Waals surface area (Å²) in [7, 11) is -3.30. The van der Waals surface area contributed by atoms with Gasteiger partial charge in [0.2, 0.25) is 5.88 Å². The third-order valence-electron chi connectivity index (χ3n) is 4.78. The molecule has 1 aromatic heterocycles. The Morgan fingerprint density at radius 2 is 1.84 bits per heavy atom. The fourth-order valence-electron chi connectivity index (χ4n) is 3.09. The monoisotopic (exact) mass is 452 g/mol. The standard InChI is InChI=1S/C24H24N2O3S2/c1-4-5-13-29-24-19(16-25)15-22(17-9-11-21(12-10-17)31(3,27)28)23(26-24)18-7-6-8-20(14-18)30-2/h6-12,14-15H,4-5,13H2,1-3H3. The largest absolute Gasteiger partial charge is 0.477 e. The number of thioether (sulfide) groups is 1. The smallest absolute Gasteiger partial charge is 0.232 e. The van der Waals surface area contributed by atoms with Gasteiger partial charge in [0, 0.05) is 22.3 Å². The summed E-state index contributed by atoms with van der Waals surface area (Å²) in [5.74, 6) is 0.317. The SMILES string of the molecule is CCCCOc1nc(-c2cccc(SC)c2)c(-c2ccc(S(C)(=O)=O)cc2)cc1C#N. The van der Waals surface area contributed by atoms with Crippen molar-refractivity contribution in [3.8, 4) is 34.3 Å². The minimum Gasteiger partial charge on any atom is -0.477 e. The predicted octanol–water partition coefficient (Wildman–Crippen LogP) is 5.59. The van der Waals surface area contributed by atoms with E-state index in [-0.39, 0.29) is 4.90 Å². The zero-order valence-electron chi connectivity index (χ0n) is 17.8. The second-order valence-electron chi connectivity index (χ2n) is 7.08. The molecular weight excluding hydrogens is 428 g/mol. The molecule has 0 saturated heterocycles. The molecule has 0 fully saturated rings. The van der Waals surface area contributed by atoms with Gasteiger partial charge in [0.15, 0.2) is 9.84 Å². The summed E-state index contributed by atoms with van der Waals surface area (Å²) >= 11 is 1.63. The highest BCUT2D eigenvalue weighted by atomic mass is 32.2. The highest BCUT2D eigenvalue weighted by Crippen LogP contribution is 2.36. The number of sulfone groups is 1. The molecule has 3 aromatic rings. The van der Waals surface area contributed by atoms with Crippen LogP contribution in [0.5, 0.6) is 5.88 Å². The zero-order valence-corrected chi connectivity index (χ0v) is 19.4. The fraction of sp³-hybridized carbons (Fsp3) is 0.250. The first-order chi connectivity index (χ1) is 14.9. The van der Waals surface area contributed by atoms with E-state index in [1.807, 2.05) is 30.5 Å². The van der Waals surface area contributed by atoms with Gasteiger partial charge in [0.1, 0.15) is 11.6 Å². The highest BCUT2D eigenvalue weighted by molar-refractivity contribution is 7.98. The lowest BCUT2D eigenvalue weighted by atomic mass is 9.98. The van der Waals surface area contributed by atoms with E-state index in [0.29, 0.717) is 23.7 Å². The number of pyridine rings is 1. The molecule has 0 N–H and O–H groups in total. The van der Waals surface area contributed by atoms with Crippen LogP contribution in [-0.2, 0) is 9.84 Å². The van der Waals surface area contributed by atoms with Crippen molar-refractivity contribution in [2.24, 2.45) is 0 Å². The number of ether oxygens (including phenoxy) is 1. The van der Waals surface area contributed by atoms with E-state index in [0.717, 1.165) is 34.4 Å². The second kappa shape index (κ2) is 9.99. The van der Waals surface area contributed by atoms with Crippen molar-refractivity contribution in [1.82, 2.24) is 4.98 Å². The van der Waals surface area contributed by atoms with Gasteiger partial charge in [-0.3, -0.25) is 0 Å². The number of rotatable bonds is 8. The van der Waals surface area contributed by atoms with Crippen molar-refractivity contribution >= 4 is 21.6 Å². The molecule has 0 bridgehead atoms. The lowest BCUT2D eigenvalue weighted by molar-refractivity contribution is 0.297. The zero-order chi connectivity index (χ0) is 22.4. The molecule has 31 heavy (non-hydrogen) atoms. The number of unbranched alkanes of at least 4 members (excludes halogenated alkanes) is 1. The van der Waals surface area contributed by atoms with E-state index in [4.69, 9.17) is 9.72 Å². The fourth-order valence-corrected chi connectivity index (χ4v) is 4.18. The Morgan fingerprint density at radius 3 is 2.45 bits per heavy atom. The number of benzene rings is 2. The summed E-state index contributed by atoms with van der Waals surface area (Å²) in [5, 5.41) is 9.69. The van der Waals surface area contributed by atoms with Gasteiger partial charge in [0.05, 0.1) is 17.2 Å². The molecule has 7 heteroatoms. The molecule has 0 aliphatic heterocycles. The van der Waals surface area contributed by atoms with Crippen molar-refractivity contribution in [3.05, 3.63) is 60.2 Å². The average molecular weight is 453 g/mol. The molecule has 0 aliphatic carbocycles. The first-order valence-corrected chi connectivity index (χ1v) is 13.0. The second-order valence-corrected chi connectivity index (χ2v) is 9.97. The number of nitriles is 1. The van der Waals surface area contributed by atoms with Gasteiger partial charge >= 0.3 is 0 Å². The van der Waals surface area contributed by atoms with Crippen LogP contribution in [0.1, 0.15) is 25.3 Å². The van der Waals surface area contributed by atoms with Crippen LogP contribution in [0.3, 0.4) is 0 Å². The molecule has 0 aliphatic rings. The van der Waals surface area contributed by atoms with E-state index in [1.54, 1.807) is 42.1 Å². The summed E-state index contributed by atoms with van der Waals surface area (Å²) in [4.78, 5) is 6.07. The first-order valence-electron chi connectivity index (χ1n) is 9.90. The van der Waals surface area contributed by atoms with Crippen molar-refractivity contribution in [3.63, 3.8) is 0 Å². The van der Waals surface area contributed by atoms with Crippen LogP contribution in [0.4, 0.5) is 0 Å². The van der Waals surface area contributed by atoms with E-state index in [1.165, 1.54) is 6.26 Å².